The lowest BCUT2D eigenvalue weighted by Crippen LogP contribution is -2.52. The van der Waals surface area contributed by atoms with Crippen LogP contribution in [0.5, 0.6) is 0 Å². The van der Waals surface area contributed by atoms with Gasteiger partial charge in [0.25, 0.3) is 11.1 Å². The number of fused-ring (bicyclic) bond motifs is 2. The molecule has 0 bridgehead atoms. The van der Waals surface area contributed by atoms with E-state index in [0.29, 0.717) is 44.4 Å². The zero-order valence-electron chi connectivity index (χ0n) is 36.2. The summed E-state index contributed by atoms with van der Waals surface area (Å²) < 4.78 is 4.23. The Hall–Kier alpha value is -6.66. The van der Waals surface area contributed by atoms with Crippen LogP contribution in [0.1, 0.15) is 85.8 Å². The van der Waals surface area contributed by atoms with Crippen molar-refractivity contribution in [2.24, 2.45) is 0 Å². The average Bonchev–Trinajstić information content (AvgIpc) is 3.77. The van der Waals surface area contributed by atoms with Crippen LogP contribution >= 0.6 is 22.7 Å². The highest BCUT2D eigenvalue weighted by Gasteiger charge is 2.37. The van der Waals surface area contributed by atoms with Gasteiger partial charge < -0.3 is 20.4 Å². The van der Waals surface area contributed by atoms with Crippen molar-refractivity contribution in [2.45, 2.75) is 105 Å². The molecular formula is C44H48N4O14S2. The second kappa shape index (κ2) is 21.6. The number of thiophene rings is 2. The second-order valence-corrected chi connectivity index (χ2v) is 17.4. The van der Waals surface area contributed by atoms with Crippen molar-refractivity contribution >= 4 is 67.3 Å². The lowest BCUT2D eigenvalue weighted by atomic mass is 10.1. The third-order valence-electron chi connectivity index (χ3n) is 10.5. The summed E-state index contributed by atoms with van der Waals surface area (Å²) in [4.78, 5) is 112. The topological polar surface area (TPSA) is 271 Å². The first-order valence-corrected chi connectivity index (χ1v) is 21.2. The van der Waals surface area contributed by atoms with Gasteiger partial charge in [-0.05, 0) is 76.6 Å². The first-order valence-electron chi connectivity index (χ1n) is 19.5. The maximum absolute atomic E-state index is 13.3. The van der Waals surface area contributed by atoms with Crippen LogP contribution in [0, 0.1) is 13.8 Å². The van der Waals surface area contributed by atoms with E-state index in [4.69, 9.17) is 19.2 Å². The van der Waals surface area contributed by atoms with E-state index in [0.717, 1.165) is 30.0 Å². The van der Waals surface area contributed by atoms with Crippen LogP contribution in [-0.4, -0.2) is 62.9 Å². The van der Waals surface area contributed by atoms with Crippen molar-refractivity contribution in [1.82, 2.24) is 18.3 Å². The molecular weight excluding hydrogens is 873 g/mol. The first-order chi connectivity index (χ1) is 30.0. The summed E-state index contributed by atoms with van der Waals surface area (Å²) in [6.45, 7) is 12.6. The number of hydrogen-bond donors (Lipinski definition) is 4. The maximum Gasteiger partial charge on any atom is 0.373 e. The van der Waals surface area contributed by atoms with Crippen LogP contribution < -0.4 is 22.5 Å². The van der Waals surface area contributed by atoms with Gasteiger partial charge in [-0.3, -0.25) is 18.7 Å². The van der Waals surface area contributed by atoms with Crippen molar-refractivity contribution < 1.29 is 49.2 Å². The van der Waals surface area contributed by atoms with Crippen LogP contribution in [0.25, 0.3) is 20.4 Å². The fourth-order valence-electron chi connectivity index (χ4n) is 6.87. The Balaban J connectivity index is 0.000000303. The van der Waals surface area contributed by atoms with Crippen molar-refractivity contribution in [2.75, 3.05) is 0 Å². The smallest absolute Gasteiger partial charge is 0.373 e. The molecule has 0 aliphatic rings. The van der Waals surface area contributed by atoms with Crippen LogP contribution in [0.2, 0.25) is 0 Å². The Kier molecular flexibility index (Phi) is 17.5. The molecule has 0 aliphatic carbocycles. The number of nitrogens with zero attached hydrogens (tertiary/aromatic N) is 4. The van der Waals surface area contributed by atoms with Gasteiger partial charge in [-0.1, -0.05) is 74.5 Å². The SMILES string of the molecule is CCc1sc2c(c1C)c(=O)n(C(C)(C)C(=O)O)c(=O)n2C[C@@H](O)c1ccccc1.CCc1sc2c(c1C)c(=O)n(C(C)(C)C(=O)O)c(=O)n2C[C@H](O)c1ccccc1.O=C=O.O=C=O. The summed E-state index contributed by atoms with van der Waals surface area (Å²) in [5.74, 6) is -2.57. The summed E-state index contributed by atoms with van der Waals surface area (Å²) in [6, 6.07) is 17.8. The van der Waals surface area contributed by atoms with Gasteiger partial charge in [0.15, 0.2) is 0 Å². The third kappa shape index (κ3) is 10.4. The van der Waals surface area contributed by atoms with E-state index in [1.165, 1.54) is 59.5 Å². The number of aromatic nitrogens is 4. The minimum atomic E-state index is -1.73. The van der Waals surface area contributed by atoms with Gasteiger partial charge >= 0.3 is 35.6 Å². The van der Waals surface area contributed by atoms with E-state index in [-0.39, 0.29) is 25.4 Å². The number of aliphatic carboxylic acids is 2. The normalized spacial score (nSPS) is 12.0. The largest absolute Gasteiger partial charge is 0.480 e. The minimum absolute atomic E-state index is 0.0849. The highest BCUT2D eigenvalue weighted by molar-refractivity contribution is 7.19. The molecule has 0 aliphatic heterocycles. The summed E-state index contributed by atoms with van der Waals surface area (Å²) in [7, 11) is 0. The number of rotatable bonds is 12. The van der Waals surface area contributed by atoms with E-state index in [9.17, 15) is 49.2 Å². The molecule has 64 heavy (non-hydrogen) atoms. The number of aryl methyl sites for hydroxylation is 4. The first kappa shape index (κ1) is 51.7. The minimum Gasteiger partial charge on any atom is -0.480 e. The lowest BCUT2D eigenvalue weighted by molar-refractivity contribution is -0.193. The monoisotopic (exact) mass is 920 g/mol. The Labute approximate surface area is 372 Å². The van der Waals surface area contributed by atoms with Crippen molar-refractivity contribution in [3.05, 3.63) is 134 Å². The molecule has 6 rings (SSSR count). The van der Waals surface area contributed by atoms with Crippen molar-refractivity contribution in [1.29, 1.82) is 0 Å². The molecule has 4 aromatic heterocycles. The van der Waals surface area contributed by atoms with E-state index in [2.05, 4.69) is 0 Å². The lowest BCUT2D eigenvalue weighted by Gasteiger charge is -2.24. The molecule has 0 unspecified atom stereocenters. The van der Waals surface area contributed by atoms with Crippen molar-refractivity contribution in [3.8, 4) is 0 Å². The molecule has 0 radical (unpaired) electrons. The molecule has 4 heterocycles. The zero-order chi connectivity index (χ0) is 48.4. The van der Waals surface area contributed by atoms with Gasteiger partial charge in [-0.15, -0.1) is 22.7 Å². The number of carbonyl (C=O) groups excluding carboxylic acids is 4. The Morgan fingerprint density at radius 2 is 0.875 bits per heavy atom. The molecule has 0 spiro atoms. The molecule has 0 fully saturated rings. The fourth-order valence-corrected chi connectivity index (χ4v) is 9.34. The maximum atomic E-state index is 13.3. The number of hydrogen-bond acceptors (Lipinski definition) is 14. The number of benzene rings is 2. The standard InChI is InChI=1S/2C21H24N2O5S.2CO2/c2*1-5-15-12(2)16-17(25)23(21(3,4)19(26)27)20(28)22(18(16)29-15)11-14(24)13-9-7-6-8-10-13;2*2-1-3/h2*6-10,14,24H,5,11H2,1-4H3,(H,26,27);;/t2*14-;;/m10../s1. The quantitative estimate of drug-likeness (QED) is 0.134. The van der Waals surface area contributed by atoms with Gasteiger partial charge in [0.1, 0.15) is 20.7 Å². The summed E-state index contributed by atoms with van der Waals surface area (Å²) in [6.07, 6.45) is -0.1000. The van der Waals surface area contributed by atoms with E-state index < -0.39 is 57.7 Å². The van der Waals surface area contributed by atoms with Gasteiger partial charge in [-0.2, -0.15) is 19.2 Å². The van der Waals surface area contributed by atoms with Gasteiger partial charge in [-0.25, -0.2) is 28.3 Å². The summed E-state index contributed by atoms with van der Waals surface area (Å²) >= 11 is 2.67. The number of carboxylic acid groups (broad SMARTS) is 2. The molecule has 0 amide bonds. The third-order valence-corrected chi connectivity index (χ3v) is 13.4. The number of aliphatic hydroxyl groups excluding tert-OH is 2. The van der Waals surface area contributed by atoms with Crippen LogP contribution in [0.15, 0.2) is 79.8 Å². The second-order valence-electron chi connectivity index (χ2n) is 15.2. The Morgan fingerprint density at radius 1 is 0.594 bits per heavy atom. The molecule has 2 aromatic carbocycles. The van der Waals surface area contributed by atoms with Gasteiger partial charge in [0, 0.05) is 9.75 Å². The van der Waals surface area contributed by atoms with E-state index in [1.807, 2.05) is 26.0 Å². The average molecular weight is 921 g/mol. The number of carbonyl (C=O) groups is 2. The van der Waals surface area contributed by atoms with Crippen LogP contribution in [0.3, 0.4) is 0 Å². The molecule has 18 nitrogen and oxygen atoms in total. The van der Waals surface area contributed by atoms with Crippen LogP contribution in [-0.2, 0) is 65.8 Å². The predicted molar refractivity (Wildman–Crippen MR) is 236 cm³/mol. The number of aliphatic hydroxyl groups is 2. The van der Waals surface area contributed by atoms with Crippen LogP contribution in [0.4, 0.5) is 0 Å². The van der Waals surface area contributed by atoms with E-state index >= 15 is 0 Å². The fraction of sp³-hybridized carbons (Fsp3) is 0.364. The molecule has 0 saturated heterocycles. The Morgan fingerprint density at radius 3 is 1.12 bits per heavy atom. The van der Waals surface area contributed by atoms with E-state index in [1.54, 1.807) is 62.4 Å². The molecule has 0 saturated carbocycles. The highest BCUT2D eigenvalue weighted by Crippen LogP contribution is 2.31. The molecule has 6 aromatic rings. The van der Waals surface area contributed by atoms with Crippen molar-refractivity contribution in [3.63, 3.8) is 0 Å². The molecule has 2 atom stereocenters. The molecule has 340 valence electrons. The zero-order valence-corrected chi connectivity index (χ0v) is 37.9. The number of carboxylic acids is 2. The highest BCUT2D eigenvalue weighted by atomic mass is 32.1. The Bertz CT molecular complexity index is 2760. The van der Waals surface area contributed by atoms with Gasteiger partial charge in [0.2, 0.25) is 0 Å². The summed E-state index contributed by atoms with van der Waals surface area (Å²) in [5, 5.41) is 41.3. The molecule has 4 N–H and O–H groups in total. The molecule has 20 heteroatoms. The van der Waals surface area contributed by atoms with Gasteiger partial charge in [0.05, 0.1) is 36.1 Å². The summed E-state index contributed by atoms with van der Waals surface area (Å²) in [5.41, 5.74) is -3.43. The predicted octanol–water partition coefficient (Wildman–Crippen LogP) is 4.13.